The number of alkyl halides is 2. The number of imidazole rings is 1. The molecule has 5 aromatic rings. The van der Waals surface area contributed by atoms with E-state index in [1.165, 1.54) is 4.34 Å². The SMILES string of the molecule is CC.COc1c(Nc2cc(Nc3ccc(C)c(C)n3)nc3c2nc(C(F)F)n3PI)cccc1-c1ccn(C)n1. The number of hydrogen-bond acceptors (Lipinski definition) is 7. The van der Waals surface area contributed by atoms with E-state index in [4.69, 9.17) is 4.74 Å². The topological polar surface area (TPSA) is 94.7 Å². The van der Waals surface area contributed by atoms with Crippen molar-refractivity contribution < 1.29 is 13.5 Å². The second-order valence-corrected chi connectivity index (χ2v) is 10.6. The Morgan fingerprint density at radius 2 is 1.75 bits per heavy atom. The van der Waals surface area contributed by atoms with Gasteiger partial charge in [-0.05, 0) is 65.7 Å². The van der Waals surface area contributed by atoms with Crippen molar-refractivity contribution in [3.8, 4) is 17.0 Å². The molecule has 0 aliphatic heterocycles. The molecule has 1 unspecified atom stereocenters. The summed E-state index contributed by atoms with van der Waals surface area (Å²) >= 11 is 2.06. The summed E-state index contributed by atoms with van der Waals surface area (Å²) in [6.07, 6.45) is -0.921. The van der Waals surface area contributed by atoms with E-state index >= 15 is 0 Å². The summed E-state index contributed by atoms with van der Waals surface area (Å²) in [4.78, 5) is 13.5. The van der Waals surface area contributed by atoms with Gasteiger partial charge in [-0.25, -0.2) is 23.7 Å². The number of para-hydroxylation sites is 1. The van der Waals surface area contributed by atoms with E-state index < -0.39 is 6.43 Å². The van der Waals surface area contributed by atoms with E-state index in [0.29, 0.717) is 39.9 Å². The third kappa shape index (κ3) is 6.02. The van der Waals surface area contributed by atoms with Crippen molar-refractivity contribution in [3.05, 3.63) is 65.7 Å². The molecule has 0 aliphatic rings. The van der Waals surface area contributed by atoms with Gasteiger partial charge in [0.2, 0.25) is 0 Å². The Labute approximate surface area is 246 Å². The van der Waals surface area contributed by atoms with Crippen molar-refractivity contribution >= 4 is 62.6 Å². The lowest BCUT2D eigenvalue weighted by atomic mass is 10.1. The number of pyridine rings is 2. The first-order valence-electron chi connectivity index (χ1n) is 12.5. The van der Waals surface area contributed by atoms with Crippen molar-refractivity contribution in [2.45, 2.75) is 34.1 Å². The molecule has 210 valence electrons. The van der Waals surface area contributed by atoms with Gasteiger partial charge in [0.1, 0.15) is 17.2 Å². The number of aryl methyl sites for hydroxylation is 3. The van der Waals surface area contributed by atoms with Crippen molar-refractivity contribution in [3.63, 3.8) is 0 Å². The van der Waals surface area contributed by atoms with Gasteiger partial charge >= 0.3 is 0 Å². The number of hydrogen-bond donors (Lipinski definition) is 2. The molecule has 1 atom stereocenters. The number of halogens is 3. The number of aromatic nitrogens is 6. The molecule has 0 spiro atoms. The first-order valence-corrected chi connectivity index (χ1v) is 16.6. The lowest BCUT2D eigenvalue weighted by molar-refractivity contribution is 0.140. The molecule has 13 heteroatoms. The fourth-order valence-electron chi connectivity index (χ4n) is 4.05. The van der Waals surface area contributed by atoms with Crippen LogP contribution in [-0.4, -0.2) is 36.2 Å². The minimum absolute atomic E-state index is 0.0209. The second kappa shape index (κ2) is 12.9. The predicted molar refractivity (Wildman–Crippen MR) is 167 cm³/mol. The smallest absolute Gasteiger partial charge is 0.295 e. The molecular weight excluding hydrogens is 648 g/mol. The third-order valence-electron chi connectivity index (χ3n) is 6.01. The Balaban J connectivity index is 0.00000181. The molecule has 0 aliphatic carbocycles. The zero-order valence-electron chi connectivity index (χ0n) is 22.9. The van der Waals surface area contributed by atoms with Gasteiger partial charge in [0.25, 0.3) is 6.43 Å². The van der Waals surface area contributed by atoms with Crippen molar-refractivity contribution in [2.24, 2.45) is 7.05 Å². The van der Waals surface area contributed by atoms with Gasteiger partial charge in [-0.3, -0.25) is 9.02 Å². The molecule has 2 N–H and O–H groups in total. The van der Waals surface area contributed by atoms with E-state index in [1.807, 2.05) is 77.3 Å². The highest BCUT2D eigenvalue weighted by Gasteiger charge is 2.23. The molecule has 4 heterocycles. The molecule has 0 saturated heterocycles. The first kappa shape index (κ1) is 29.6. The Kier molecular flexibility index (Phi) is 9.52. The molecule has 4 aromatic heterocycles. The molecule has 0 amide bonds. The van der Waals surface area contributed by atoms with Crippen molar-refractivity contribution in [2.75, 3.05) is 17.7 Å². The molecule has 0 fully saturated rings. The monoisotopic (exact) mass is 678 g/mol. The van der Waals surface area contributed by atoms with E-state index in [1.54, 1.807) is 17.9 Å². The largest absolute Gasteiger partial charge is 0.494 e. The fraction of sp³-hybridized carbons (Fsp3) is 0.259. The summed E-state index contributed by atoms with van der Waals surface area (Å²) < 4.78 is 36.7. The summed E-state index contributed by atoms with van der Waals surface area (Å²) in [5.74, 6) is 1.26. The van der Waals surface area contributed by atoms with E-state index in [-0.39, 0.29) is 12.2 Å². The Bertz CT molecular complexity index is 1640. The van der Waals surface area contributed by atoms with Crippen LogP contribution in [-0.2, 0) is 7.05 Å². The van der Waals surface area contributed by atoms with Crippen molar-refractivity contribution in [1.29, 1.82) is 0 Å². The van der Waals surface area contributed by atoms with Gasteiger partial charge < -0.3 is 15.4 Å². The molecule has 0 radical (unpaired) electrons. The molecular formula is C27H30F2IN8OP. The average Bonchev–Trinajstić information content (AvgIpc) is 3.55. The molecule has 5 rings (SSSR count). The highest BCUT2D eigenvalue weighted by atomic mass is 127. The first-order chi connectivity index (χ1) is 19.3. The van der Waals surface area contributed by atoms with Crippen LogP contribution in [0, 0.1) is 13.8 Å². The maximum absolute atomic E-state index is 13.9. The van der Waals surface area contributed by atoms with Gasteiger partial charge in [0.05, 0.1) is 30.6 Å². The van der Waals surface area contributed by atoms with Gasteiger partial charge in [-0.1, -0.05) is 26.0 Å². The summed E-state index contributed by atoms with van der Waals surface area (Å²) in [7, 11) is 3.42. The third-order valence-corrected chi connectivity index (χ3v) is 8.06. The van der Waals surface area contributed by atoms with Crippen LogP contribution in [0.5, 0.6) is 5.75 Å². The lowest BCUT2D eigenvalue weighted by Gasteiger charge is -2.16. The van der Waals surface area contributed by atoms with Gasteiger partial charge in [-0.2, -0.15) is 5.10 Å². The Morgan fingerprint density at radius 3 is 2.38 bits per heavy atom. The number of methoxy groups -OCH3 is 1. The number of nitrogens with zero attached hydrogens (tertiary/aromatic N) is 6. The summed E-state index contributed by atoms with van der Waals surface area (Å²) in [5, 5.41) is 11.1. The van der Waals surface area contributed by atoms with Crippen LogP contribution in [0.15, 0.2) is 48.7 Å². The van der Waals surface area contributed by atoms with Gasteiger partial charge in [-0.15, -0.1) is 0 Å². The highest BCUT2D eigenvalue weighted by Crippen LogP contribution is 2.41. The Morgan fingerprint density at radius 1 is 0.975 bits per heavy atom. The number of nitrogens with one attached hydrogen (secondary N) is 2. The minimum Gasteiger partial charge on any atom is -0.494 e. The second-order valence-electron chi connectivity index (χ2n) is 8.53. The average molecular weight is 678 g/mol. The highest BCUT2D eigenvalue weighted by molar-refractivity contribution is 14.2. The number of rotatable bonds is 8. The van der Waals surface area contributed by atoms with Crippen molar-refractivity contribution in [1.82, 2.24) is 29.1 Å². The van der Waals surface area contributed by atoms with Crippen LogP contribution in [0.25, 0.3) is 22.4 Å². The standard InChI is InChI=1S/C25H24F2IN8OP.C2H6/c1-13-8-9-19(29-14(13)2)31-20-12-18(21-24(32-20)36(38-28)25(33-21)23(26)27)30-17-7-5-6-15(22(17)37-4)16-10-11-35(3)34-16;1-2/h5-12,23,38H,1-4H3,(H2,29,30,31,32);1-2H3. The summed E-state index contributed by atoms with van der Waals surface area (Å²) in [5.41, 5.74) is 5.26. The van der Waals surface area contributed by atoms with Crippen LogP contribution in [0.1, 0.15) is 37.4 Å². The predicted octanol–water partition coefficient (Wildman–Crippen LogP) is 8.09. The van der Waals surface area contributed by atoms with Crippen LogP contribution in [0.4, 0.5) is 31.8 Å². The maximum atomic E-state index is 13.9. The van der Waals surface area contributed by atoms with E-state index in [0.717, 1.165) is 22.5 Å². The molecule has 0 saturated carbocycles. The van der Waals surface area contributed by atoms with Crippen LogP contribution in [0.3, 0.4) is 0 Å². The van der Waals surface area contributed by atoms with Crippen LogP contribution in [0.2, 0.25) is 0 Å². The summed E-state index contributed by atoms with van der Waals surface area (Å²) in [6.45, 7) is 7.91. The number of benzene rings is 1. The fourth-order valence-corrected chi connectivity index (χ4v) is 5.94. The number of anilines is 4. The molecule has 1 aromatic carbocycles. The Hall–Kier alpha value is -3.38. The van der Waals surface area contributed by atoms with Gasteiger partial charge in [0, 0.05) is 30.6 Å². The quantitative estimate of drug-likeness (QED) is 0.127. The van der Waals surface area contributed by atoms with E-state index in [9.17, 15) is 8.78 Å². The maximum Gasteiger partial charge on any atom is 0.295 e. The molecule has 40 heavy (non-hydrogen) atoms. The van der Waals surface area contributed by atoms with Crippen LogP contribution >= 0.6 is 28.4 Å². The minimum atomic E-state index is -2.75. The van der Waals surface area contributed by atoms with Gasteiger partial charge in [0.15, 0.2) is 17.2 Å². The van der Waals surface area contributed by atoms with Crippen LogP contribution < -0.4 is 15.4 Å². The van der Waals surface area contributed by atoms with E-state index in [2.05, 4.69) is 52.7 Å². The molecule has 0 bridgehead atoms. The molecule has 9 nitrogen and oxygen atoms in total. The zero-order chi connectivity index (χ0) is 29.0. The lowest BCUT2D eigenvalue weighted by Crippen LogP contribution is -2.02. The summed E-state index contributed by atoms with van der Waals surface area (Å²) in [6, 6.07) is 13.1. The number of ether oxygens (including phenoxy) is 1. The number of fused-ring (bicyclic) bond motifs is 1. The zero-order valence-corrected chi connectivity index (χ0v) is 26.1. The normalized spacial score (nSPS) is 11.2.